The summed E-state index contributed by atoms with van der Waals surface area (Å²) in [7, 11) is 1.58. The number of carboxylic acids is 1. The second kappa shape index (κ2) is 6.60. The van der Waals surface area contributed by atoms with Crippen molar-refractivity contribution >= 4 is 23.5 Å². The molecule has 0 bridgehead atoms. The Balaban J connectivity index is 2.13. The maximum absolute atomic E-state index is 12.4. The Kier molecular flexibility index (Phi) is 4.80. The number of rotatable bonds is 5. The van der Waals surface area contributed by atoms with Crippen molar-refractivity contribution in [2.75, 3.05) is 25.0 Å². The van der Waals surface area contributed by atoms with Gasteiger partial charge in [0.1, 0.15) is 0 Å². The molecule has 0 saturated carbocycles. The maximum Gasteiger partial charge on any atom is 0.308 e. The summed E-state index contributed by atoms with van der Waals surface area (Å²) in [4.78, 5) is 38.1. The second-order valence-electron chi connectivity index (χ2n) is 5.62. The van der Waals surface area contributed by atoms with Crippen LogP contribution in [0, 0.1) is 5.92 Å². The van der Waals surface area contributed by atoms with Gasteiger partial charge >= 0.3 is 5.97 Å². The number of anilines is 1. The van der Waals surface area contributed by atoms with Crippen molar-refractivity contribution in [2.45, 2.75) is 19.8 Å². The first-order valence-electron chi connectivity index (χ1n) is 7.29. The third-order valence-corrected chi connectivity index (χ3v) is 3.79. The second-order valence-corrected chi connectivity index (χ2v) is 5.62. The van der Waals surface area contributed by atoms with Crippen molar-refractivity contribution in [3.8, 4) is 0 Å². The Labute approximate surface area is 129 Å². The number of hydrogen-bond acceptors (Lipinski definition) is 3. The van der Waals surface area contributed by atoms with Crippen LogP contribution in [0.15, 0.2) is 24.3 Å². The summed E-state index contributed by atoms with van der Waals surface area (Å²) in [6.45, 7) is 2.37. The first-order chi connectivity index (χ1) is 10.4. The average molecular weight is 304 g/mol. The number of carbonyl (C=O) groups excluding carboxylic acids is 2. The minimum atomic E-state index is -0.934. The molecular formula is C16H20N2O4. The van der Waals surface area contributed by atoms with E-state index in [1.807, 2.05) is 0 Å². The fourth-order valence-corrected chi connectivity index (χ4v) is 2.52. The molecule has 1 saturated heterocycles. The van der Waals surface area contributed by atoms with E-state index < -0.39 is 11.9 Å². The van der Waals surface area contributed by atoms with Crippen LogP contribution in [0.25, 0.3) is 0 Å². The van der Waals surface area contributed by atoms with E-state index in [0.717, 1.165) is 6.42 Å². The number of carboxylic acid groups (broad SMARTS) is 1. The van der Waals surface area contributed by atoms with Crippen LogP contribution in [0.5, 0.6) is 0 Å². The zero-order valence-electron chi connectivity index (χ0n) is 12.8. The van der Waals surface area contributed by atoms with Crippen LogP contribution in [-0.2, 0) is 9.59 Å². The third kappa shape index (κ3) is 3.44. The molecule has 1 aromatic carbocycles. The summed E-state index contributed by atoms with van der Waals surface area (Å²) in [5.41, 5.74) is 1.17. The minimum Gasteiger partial charge on any atom is -0.481 e. The molecule has 1 aliphatic rings. The summed E-state index contributed by atoms with van der Waals surface area (Å²) in [5, 5.41) is 8.92. The zero-order valence-corrected chi connectivity index (χ0v) is 12.8. The normalized spacial score (nSPS) is 15.7. The predicted molar refractivity (Wildman–Crippen MR) is 81.8 cm³/mol. The molecule has 0 unspecified atom stereocenters. The van der Waals surface area contributed by atoms with E-state index in [0.29, 0.717) is 24.2 Å². The molecule has 22 heavy (non-hydrogen) atoms. The fourth-order valence-electron chi connectivity index (χ4n) is 2.52. The number of hydrogen-bond donors (Lipinski definition) is 1. The van der Waals surface area contributed by atoms with Crippen LogP contribution in [0.1, 0.15) is 30.1 Å². The number of carbonyl (C=O) groups is 3. The lowest BCUT2D eigenvalue weighted by atomic mass is 10.1. The Morgan fingerprint density at radius 2 is 2.14 bits per heavy atom. The molecule has 0 aromatic heterocycles. The lowest BCUT2D eigenvalue weighted by molar-refractivity contribution is -0.141. The van der Waals surface area contributed by atoms with Crippen LogP contribution in [0.3, 0.4) is 0 Å². The molecule has 1 heterocycles. The Hall–Kier alpha value is -2.37. The van der Waals surface area contributed by atoms with Gasteiger partial charge in [0.2, 0.25) is 5.91 Å². The van der Waals surface area contributed by atoms with Gasteiger partial charge in [0.15, 0.2) is 0 Å². The van der Waals surface area contributed by atoms with E-state index in [-0.39, 0.29) is 18.4 Å². The molecule has 6 nitrogen and oxygen atoms in total. The third-order valence-electron chi connectivity index (χ3n) is 3.79. The van der Waals surface area contributed by atoms with Crippen molar-refractivity contribution in [1.29, 1.82) is 0 Å². The van der Waals surface area contributed by atoms with Gasteiger partial charge in [-0.1, -0.05) is 13.0 Å². The van der Waals surface area contributed by atoms with Gasteiger partial charge in [-0.25, -0.2) is 0 Å². The summed E-state index contributed by atoms with van der Waals surface area (Å²) in [5.74, 6) is -1.74. The smallest absolute Gasteiger partial charge is 0.308 e. The van der Waals surface area contributed by atoms with E-state index in [1.54, 1.807) is 43.1 Å². The topological polar surface area (TPSA) is 77.9 Å². The van der Waals surface area contributed by atoms with E-state index in [9.17, 15) is 14.4 Å². The summed E-state index contributed by atoms with van der Waals surface area (Å²) in [6, 6.07) is 6.91. The first-order valence-corrected chi connectivity index (χ1v) is 7.29. The highest BCUT2D eigenvalue weighted by atomic mass is 16.4. The number of benzene rings is 1. The monoisotopic (exact) mass is 304 g/mol. The lowest BCUT2D eigenvalue weighted by Gasteiger charge is -2.21. The molecule has 6 heteroatoms. The molecule has 0 radical (unpaired) electrons. The number of amides is 2. The Morgan fingerprint density at radius 1 is 1.41 bits per heavy atom. The van der Waals surface area contributed by atoms with E-state index in [2.05, 4.69) is 0 Å². The lowest BCUT2D eigenvalue weighted by Crippen LogP contribution is -2.33. The van der Waals surface area contributed by atoms with Crippen LogP contribution in [0.4, 0.5) is 5.69 Å². The van der Waals surface area contributed by atoms with Gasteiger partial charge in [-0.15, -0.1) is 0 Å². The zero-order chi connectivity index (χ0) is 16.3. The summed E-state index contributed by atoms with van der Waals surface area (Å²) >= 11 is 0. The molecule has 2 rings (SSSR count). The largest absolute Gasteiger partial charge is 0.481 e. The molecule has 1 N–H and O–H groups in total. The van der Waals surface area contributed by atoms with Crippen LogP contribution < -0.4 is 4.90 Å². The Bertz CT molecular complexity index is 600. The highest BCUT2D eigenvalue weighted by molar-refractivity contribution is 5.99. The van der Waals surface area contributed by atoms with Gasteiger partial charge < -0.3 is 14.9 Å². The van der Waals surface area contributed by atoms with Gasteiger partial charge in [0, 0.05) is 37.8 Å². The fraction of sp³-hybridized carbons (Fsp3) is 0.438. The molecule has 0 aliphatic carbocycles. The molecule has 1 aromatic rings. The van der Waals surface area contributed by atoms with Gasteiger partial charge in [0.05, 0.1) is 5.92 Å². The molecular weight excluding hydrogens is 284 g/mol. The van der Waals surface area contributed by atoms with Gasteiger partial charge in [0.25, 0.3) is 5.91 Å². The molecule has 1 atom stereocenters. The van der Waals surface area contributed by atoms with Crippen molar-refractivity contribution in [1.82, 2.24) is 4.90 Å². The van der Waals surface area contributed by atoms with E-state index in [4.69, 9.17) is 5.11 Å². The SMILES string of the molecule is C[C@H](CN(C)C(=O)c1cccc(N2CCCC2=O)c1)C(=O)O. The van der Waals surface area contributed by atoms with Crippen LogP contribution >= 0.6 is 0 Å². The van der Waals surface area contributed by atoms with Crippen molar-refractivity contribution < 1.29 is 19.5 Å². The highest BCUT2D eigenvalue weighted by Crippen LogP contribution is 2.22. The molecule has 0 spiro atoms. The highest BCUT2D eigenvalue weighted by Gasteiger charge is 2.23. The first kappa shape index (κ1) is 16.0. The quantitative estimate of drug-likeness (QED) is 0.896. The van der Waals surface area contributed by atoms with E-state index in [1.165, 1.54) is 4.90 Å². The molecule has 1 aliphatic heterocycles. The standard InChI is InChI=1S/C16H20N2O4/c1-11(16(21)22)10-17(2)15(20)12-5-3-6-13(9-12)18-8-4-7-14(18)19/h3,5-6,9,11H,4,7-8,10H2,1-2H3,(H,21,22)/t11-/m1/s1. The van der Waals surface area contributed by atoms with E-state index >= 15 is 0 Å². The van der Waals surface area contributed by atoms with Crippen molar-refractivity contribution in [3.05, 3.63) is 29.8 Å². The summed E-state index contributed by atoms with van der Waals surface area (Å²) < 4.78 is 0. The maximum atomic E-state index is 12.4. The molecule has 1 fully saturated rings. The van der Waals surface area contributed by atoms with Gasteiger partial charge in [-0.2, -0.15) is 0 Å². The van der Waals surface area contributed by atoms with Gasteiger partial charge in [-0.3, -0.25) is 14.4 Å². The average Bonchev–Trinajstić information content (AvgIpc) is 2.92. The van der Waals surface area contributed by atoms with Crippen molar-refractivity contribution in [3.63, 3.8) is 0 Å². The van der Waals surface area contributed by atoms with Crippen LogP contribution in [0.2, 0.25) is 0 Å². The predicted octanol–water partition coefficient (Wildman–Crippen LogP) is 1.61. The number of nitrogens with zero attached hydrogens (tertiary/aromatic N) is 2. The molecule has 118 valence electrons. The summed E-state index contributed by atoms with van der Waals surface area (Å²) in [6.07, 6.45) is 1.36. The number of aliphatic carboxylic acids is 1. The minimum absolute atomic E-state index is 0.0671. The van der Waals surface area contributed by atoms with Crippen LogP contribution in [-0.4, -0.2) is 47.9 Å². The van der Waals surface area contributed by atoms with Crippen molar-refractivity contribution in [2.24, 2.45) is 5.92 Å². The molecule has 2 amide bonds. The van der Waals surface area contributed by atoms with Gasteiger partial charge in [-0.05, 0) is 24.6 Å². The Morgan fingerprint density at radius 3 is 2.73 bits per heavy atom.